The lowest BCUT2D eigenvalue weighted by Gasteiger charge is -2.07. The predicted molar refractivity (Wildman–Crippen MR) is 77.1 cm³/mol. The molecule has 10 heteroatoms. The van der Waals surface area contributed by atoms with Gasteiger partial charge in [0, 0.05) is 31.9 Å². The topological polar surface area (TPSA) is 64.7 Å². The SMILES string of the molecule is Cc1nn(C)c(C)c1CNC(=O)c1c(Cl)c(C(F)(F)F)nn1C. The minimum absolute atomic E-state index is 0.132. The van der Waals surface area contributed by atoms with E-state index in [1.807, 2.05) is 6.92 Å². The molecule has 0 aliphatic heterocycles. The van der Waals surface area contributed by atoms with E-state index < -0.39 is 22.8 Å². The van der Waals surface area contributed by atoms with Crippen LogP contribution in [0.5, 0.6) is 0 Å². The number of hydrogen-bond acceptors (Lipinski definition) is 3. The second kappa shape index (κ2) is 5.88. The van der Waals surface area contributed by atoms with E-state index in [-0.39, 0.29) is 12.2 Å². The van der Waals surface area contributed by atoms with E-state index in [2.05, 4.69) is 15.5 Å². The molecule has 0 atom stereocenters. The summed E-state index contributed by atoms with van der Waals surface area (Å²) in [6.45, 7) is 3.75. The first-order chi connectivity index (χ1) is 10.5. The Morgan fingerprint density at radius 1 is 1.22 bits per heavy atom. The fraction of sp³-hybridized carbons (Fsp3) is 0.462. The predicted octanol–water partition coefficient (Wildman–Crippen LogP) is 2.37. The van der Waals surface area contributed by atoms with Crippen LogP contribution in [0.3, 0.4) is 0 Å². The van der Waals surface area contributed by atoms with Gasteiger partial charge in [-0.25, -0.2) is 0 Å². The average molecular weight is 350 g/mol. The summed E-state index contributed by atoms with van der Waals surface area (Å²) in [6, 6.07) is 0. The number of nitrogens with zero attached hydrogens (tertiary/aromatic N) is 4. The first-order valence-electron chi connectivity index (χ1n) is 6.61. The van der Waals surface area contributed by atoms with Crippen LogP contribution >= 0.6 is 11.6 Å². The summed E-state index contributed by atoms with van der Waals surface area (Å²) in [5, 5.41) is 9.33. The number of hydrogen-bond donors (Lipinski definition) is 1. The van der Waals surface area contributed by atoms with E-state index in [0.717, 1.165) is 21.6 Å². The molecule has 0 saturated carbocycles. The van der Waals surface area contributed by atoms with Crippen LogP contribution in [-0.4, -0.2) is 25.5 Å². The quantitative estimate of drug-likeness (QED) is 0.925. The summed E-state index contributed by atoms with van der Waals surface area (Å²) in [7, 11) is 3.00. The van der Waals surface area contributed by atoms with Gasteiger partial charge in [0.2, 0.25) is 0 Å². The summed E-state index contributed by atoms with van der Waals surface area (Å²) >= 11 is 5.68. The van der Waals surface area contributed by atoms with Gasteiger partial charge in [-0.1, -0.05) is 11.6 Å². The molecule has 126 valence electrons. The molecular weight excluding hydrogens is 335 g/mol. The van der Waals surface area contributed by atoms with Gasteiger partial charge in [-0.2, -0.15) is 23.4 Å². The second-order valence-corrected chi connectivity index (χ2v) is 5.47. The molecule has 2 heterocycles. The molecule has 0 radical (unpaired) electrons. The van der Waals surface area contributed by atoms with Gasteiger partial charge < -0.3 is 5.32 Å². The monoisotopic (exact) mass is 349 g/mol. The highest BCUT2D eigenvalue weighted by atomic mass is 35.5. The zero-order valence-corrected chi connectivity index (χ0v) is 13.7. The van der Waals surface area contributed by atoms with Crippen LogP contribution in [0.2, 0.25) is 5.02 Å². The van der Waals surface area contributed by atoms with Gasteiger partial charge in [-0.15, -0.1) is 0 Å². The highest BCUT2D eigenvalue weighted by Gasteiger charge is 2.39. The molecule has 6 nitrogen and oxygen atoms in total. The lowest BCUT2D eigenvalue weighted by atomic mass is 10.2. The normalized spacial score (nSPS) is 11.8. The molecule has 1 amide bonds. The van der Waals surface area contributed by atoms with Crippen molar-refractivity contribution in [2.24, 2.45) is 14.1 Å². The van der Waals surface area contributed by atoms with Crippen LogP contribution in [0.25, 0.3) is 0 Å². The molecule has 0 unspecified atom stereocenters. The Morgan fingerprint density at radius 2 is 1.83 bits per heavy atom. The molecule has 0 saturated heterocycles. The standard InChI is InChI=1S/C13H15ClF3N5O/c1-6-8(7(2)21(3)19-6)5-18-12(23)10-9(14)11(13(15,16)17)20-22(10)4/h5H2,1-4H3,(H,18,23). The fourth-order valence-corrected chi connectivity index (χ4v) is 2.60. The lowest BCUT2D eigenvalue weighted by Crippen LogP contribution is -2.26. The number of halogens is 4. The Hall–Kier alpha value is -2.03. The third-order valence-corrected chi connectivity index (χ3v) is 3.92. The minimum atomic E-state index is -4.72. The Morgan fingerprint density at radius 3 is 2.26 bits per heavy atom. The summed E-state index contributed by atoms with van der Waals surface area (Å²) < 4.78 is 40.8. The van der Waals surface area contributed by atoms with E-state index >= 15 is 0 Å². The van der Waals surface area contributed by atoms with E-state index in [1.165, 1.54) is 7.05 Å². The van der Waals surface area contributed by atoms with Crippen molar-refractivity contribution in [3.05, 3.63) is 33.4 Å². The molecule has 0 aliphatic rings. The van der Waals surface area contributed by atoms with Crippen LogP contribution in [0.15, 0.2) is 0 Å². The van der Waals surface area contributed by atoms with Crippen molar-refractivity contribution >= 4 is 17.5 Å². The molecule has 0 spiro atoms. The molecular formula is C13H15ClF3N5O. The molecule has 0 fully saturated rings. The molecule has 1 N–H and O–H groups in total. The van der Waals surface area contributed by atoms with Gasteiger partial charge in [0.25, 0.3) is 5.91 Å². The van der Waals surface area contributed by atoms with Gasteiger partial charge in [-0.05, 0) is 13.8 Å². The number of carbonyl (C=O) groups excluding carboxylic acids is 1. The first-order valence-corrected chi connectivity index (χ1v) is 6.98. The minimum Gasteiger partial charge on any atom is -0.346 e. The van der Waals surface area contributed by atoms with E-state index in [0.29, 0.717) is 0 Å². The maximum absolute atomic E-state index is 12.8. The first kappa shape index (κ1) is 17.3. The van der Waals surface area contributed by atoms with Gasteiger partial charge >= 0.3 is 6.18 Å². The largest absolute Gasteiger partial charge is 0.436 e. The average Bonchev–Trinajstić information content (AvgIpc) is 2.85. The molecule has 23 heavy (non-hydrogen) atoms. The Bertz CT molecular complexity index is 763. The fourth-order valence-electron chi connectivity index (χ4n) is 2.25. The van der Waals surface area contributed by atoms with Crippen LogP contribution in [0.4, 0.5) is 13.2 Å². The van der Waals surface area contributed by atoms with Crippen molar-refractivity contribution in [2.75, 3.05) is 0 Å². The third-order valence-electron chi connectivity index (χ3n) is 3.56. The Balaban J connectivity index is 2.24. The van der Waals surface area contributed by atoms with Crippen molar-refractivity contribution in [1.82, 2.24) is 24.9 Å². The van der Waals surface area contributed by atoms with Gasteiger partial charge in [-0.3, -0.25) is 14.2 Å². The van der Waals surface area contributed by atoms with Crippen molar-refractivity contribution in [2.45, 2.75) is 26.6 Å². The van der Waals surface area contributed by atoms with Crippen LogP contribution in [-0.2, 0) is 26.8 Å². The molecule has 2 aromatic rings. The lowest BCUT2D eigenvalue weighted by molar-refractivity contribution is -0.141. The summed E-state index contributed by atoms with van der Waals surface area (Å²) in [5.41, 5.74) is 0.779. The zero-order valence-electron chi connectivity index (χ0n) is 12.9. The molecule has 0 aliphatic carbocycles. The van der Waals surface area contributed by atoms with Crippen LogP contribution in [0.1, 0.15) is 33.1 Å². The number of amides is 1. The van der Waals surface area contributed by atoms with E-state index in [4.69, 9.17) is 11.6 Å². The van der Waals surface area contributed by atoms with Crippen LogP contribution in [0, 0.1) is 13.8 Å². The number of rotatable bonds is 3. The van der Waals surface area contributed by atoms with Crippen molar-refractivity contribution in [1.29, 1.82) is 0 Å². The number of aromatic nitrogens is 4. The van der Waals surface area contributed by atoms with Crippen molar-refractivity contribution in [3.63, 3.8) is 0 Å². The molecule has 2 aromatic heterocycles. The smallest absolute Gasteiger partial charge is 0.346 e. The highest BCUT2D eigenvalue weighted by molar-refractivity contribution is 6.34. The van der Waals surface area contributed by atoms with E-state index in [9.17, 15) is 18.0 Å². The van der Waals surface area contributed by atoms with Crippen molar-refractivity contribution < 1.29 is 18.0 Å². The van der Waals surface area contributed by atoms with Gasteiger partial charge in [0.15, 0.2) is 5.69 Å². The maximum Gasteiger partial charge on any atom is 0.436 e. The summed E-state index contributed by atoms with van der Waals surface area (Å²) in [6.07, 6.45) is -4.72. The maximum atomic E-state index is 12.8. The third kappa shape index (κ3) is 3.19. The molecule has 2 rings (SSSR count). The van der Waals surface area contributed by atoms with Crippen LogP contribution < -0.4 is 5.32 Å². The van der Waals surface area contributed by atoms with E-state index in [1.54, 1.807) is 18.7 Å². The summed E-state index contributed by atoms with van der Waals surface area (Å²) in [4.78, 5) is 12.2. The number of aryl methyl sites for hydroxylation is 3. The number of alkyl halides is 3. The molecule has 0 bridgehead atoms. The number of carbonyl (C=O) groups is 1. The zero-order chi connectivity index (χ0) is 17.5. The molecule has 0 aromatic carbocycles. The Labute approximate surface area is 135 Å². The summed E-state index contributed by atoms with van der Waals surface area (Å²) in [5.74, 6) is -0.733. The number of nitrogens with one attached hydrogen (secondary N) is 1. The Kier molecular flexibility index (Phi) is 4.43. The highest BCUT2D eigenvalue weighted by Crippen LogP contribution is 2.35. The van der Waals surface area contributed by atoms with Crippen molar-refractivity contribution in [3.8, 4) is 0 Å². The van der Waals surface area contributed by atoms with Gasteiger partial charge in [0.1, 0.15) is 10.7 Å². The van der Waals surface area contributed by atoms with Gasteiger partial charge in [0.05, 0.1) is 5.69 Å². The second-order valence-electron chi connectivity index (χ2n) is 5.09.